The van der Waals surface area contributed by atoms with E-state index < -0.39 is 18.2 Å². The zero-order valence-corrected chi connectivity index (χ0v) is 17.9. The van der Waals surface area contributed by atoms with Crippen molar-refractivity contribution in [1.82, 2.24) is 25.5 Å². The maximum absolute atomic E-state index is 12.7. The number of methoxy groups -OCH3 is 1. The molecule has 11 nitrogen and oxygen atoms in total. The summed E-state index contributed by atoms with van der Waals surface area (Å²) in [6.45, 7) is 0. The van der Waals surface area contributed by atoms with Gasteiger partial charge >= 0.3 is 12.1 Å². The third kappa shape index (κ3) is 4.58. The lowest BCUT2D eigenvalue weighted by Gasteiger charge is -2.17. The highest BCUT2D eigenvalue weighted by Crippen LogP contribution is 2.29. The fraction of sp³-hybridized carbons (Fsp3) is 0.105. The van der Waals surface area contributed by atoms with E-state index in [0.29, 0.717) is 32.3 Å². The molecule has 4 N–H and O–H groups in total. The molecule has 1 unspecified atom stereocenters. The van der Waals surface area contributed by atoms with Crippen LogP contribution in [0.3, 0.4) is 0 Å². The molecule has 0 saturated carbocycles. The number of oxazole rings is 1. The predicted molar refractivity (Wildman–Crippen MR) is 117 cm³/mol. The summed E-state index contributed by atoms with van der Waals surface area (Å²) in [5, 5.41) is 15.9. The van der Waals surface area contributed by atoms with Crippen molar-refractivity contribution in [3.8, 4) is 0 Å². The number of hydrogen-bond acceptors (Lipinski definition) is 7. The second kappa shape index (κ2) is 9.12. The number of nitrogens with zero attached hydrogens (tertiary/aromatic N) is 3. The summed E-state index contributed by atoms with van der Waals surface area (Å²) >= 11 is 12.1. The smallest absolute Gasteiger partial charge is 0.412 e. The van der Waals surface area contributed by atoms with Gasteiger partial charge in [0.2, 0.25) is 0 Å². The molecule has 4 rings (SSSR count). The molecule has 3 aromatic heterocycles. The normalized spacial score (nSPS) is 11.7. The fourth-order valence-corrected chi connectivity index (χ4v) is 3.19. The van der Waals surface area contributed by atoms with Gasteiger partial charge in [-0.25, -0.2) is 19.6 Å². The van der Waals surface area contributed by atoms with E-state index in [1.807, 2.05) is 0 Å². The molecular formula is C19H15Cl2N7O4. The Balaban J connectivity index is 1.52. The van der Waals surface area contributed by atoms with Crippen molar-refractivity contribution >= 4 is 57.9 Å². The van der Waals surface area contributed by atoms with Crippen LogP contribution in [0.1, 0.15) is 17.4 Å². The van der Waals surface area contributed by atoms with Crippen molar-refractivity contribution in [1.29, 1.82) is 0 Å². The molecule has 1 atom stereocenters. The largest absolute Gasteiger partial charge is 0.453 e. The van der Waals surface area contributed by atoms with Crippen LogP contribution in [-0.2, 0) is 4.74 Å². The van der Waals surface area contributed by atoms with E-state index in [9.17, 15) is 9.59 Å². The number of anilines is 2. The molecule has 4 aromatic rings. The quantitative estimate of drug-likeness (QED) is 0.335. The zero-order chi connectivity index (χ0) is 22.7. The van der Waals surface area contributed by atoms with E-state index in [1.54, 1.807) is 24.3 Å². The number of H-pyrrole nitrogens is 1. The van der Waals surface area contributed by atoms with E-state index in [0.717, 1.165) is 0 Å². The maximum atomic E-state index is 12.7. The monoisotopic (exact) mass is 475 g/mol. The van der Waals surface area contributed by atoms with Gasteiger partial charge in [-0.15, -0.1) is 0 Å². The summed E-state index contributed by atoms with van der Waals surface area (Å²) in [5.41, 5.74) is 1.18. The fourth-order valence-electron chi connectivity index (χ4n) is 2.89. The number of fused-ring (bicyclic) bond motifs is 1. The molecule has 1 aromatic carbocycles. The summed E-state index contributed by atoms with van der Waals surface area (Å²) < 4.78 is 9.92. The lowest BCUT2D eigenvalue weighted by atomic mass is 10.1. The van der Waals surface area contributed by atoms with Gasteiger partial charge in [0, 0.05) is 12.3 Å². The first-order valence-corrected chi connectivity index (χ1v) is 9.80. The molecule has 0 radical (unpaired) electrons. The van der Waals surface area contributed by atoms with Crippen LogP contribution in [0.2, 0.25) is 10.0 Å². The molecular weight excluding hydrogens is 461 g/mol. The second-order valence-corrected chi connectivity index (χ2v) is 7.23. The van der Waals surface area contributed by atoms with E-state index >= 15 is 0 Å². The highest BCUT2D eigenvalue weighted by atomic mass is 35.5. The molecule has 0 spiro atoms. The number of carbonyl (C=O) groups excluding carboxylic acids is 2. The van der Waals surface area contributed by atoms with E-state index in [2.05, 4.69) is 40.9 Å². The van der Waals surface area contributed by atoms with Gasteiger partial charge in [0.15, 0.2) is 18.0 Å². The number of amides is 3. The molecule has 32 heavy (non-hydrogen) atoms. The number of carbonyl (C=O) groups is 2. The summed E-state index contributed by atoms with van der Waals surface area (Å²) in [7, 11) is 1.24. The molecule has 164 valence electrons. The highest BCUT2D eigenvalue weighted by Gasteiger charge is 2.21. The molecule has 0 saturated heterocycles. The molecule has 13 heteroatoms. The first-order chi connectivity index (χ1) is 15.4. The van der Waals surface area contributed by atoms with Crippen molar-refractivity contribution in [2.75, 3.05) is 17.7 Å². The number of aromatic amines is 1. The van der Waals surface area contributed by atoms with Gasteiger partial charge in [-0.3, -0.25) is 15.7 Å². The van der Waals surface area contributed by atoms with Gasteiger partial charge in [0.1, 0.15) is 11.9 Å². The average Bonchev–Trinajstić information content (AvgIpc) is 3.44. The first-order valence-electron chi connectivity index (χ1n) is 9.04. The molecule has 0 aliphatic rings. The first kappa shape index (κ1) is 21.4. The lowest BCUT2D eigenvalue weighted by Crippen LogP contribution is -2.33. The van der Waals surface area contributed by atoms with Crippen LogP contribution in [0.15, 0.2) is 47.5 Å². The van der Waals surface area contributed by atoms with Crippen molar-refractivity contribution in [3.63, 3.8) is 0 Å². The second-order valence-electron chi connectivity index (χ2n) is 6.41. The molecule has 0 aliphatic heterocycles. The Hall–Kier alpha value is -3.83. The number of rotatable bonds is 5. The minimum absolute atomic E-state index is 0.244. The Morgan fingerprint density at radius 2 is 2.00 bits per heavy atom. The summed E-state index contributed by atoms with van der Waals surface area (Å²) in [4.78, 5) is 32.2. The number of ether oxygens (including phenoxy) is 1. The number of aromatic nitrogens is 4. The van der Waals surface area contributed by atoms with Crippen LogP contribution >= 0.6 is 23.2 Å². The van der Waals surface area contributed by atoms with Crippen LogP contribution in [0.4, 0.5) is 21.2 Å². The van der Waals surface area contributed by atoms with Crippen molar-refractivity contribution in [2.24, 2.45) is 0 Å². The third-order valence-corrected chi connectivity index (χ3v) is 5.12. The van der Waals surface area contributed by atoms with Crippen LogP contribution in [0.25, 0.3) is 10.9 Å². The topological polar surface area (TPSA) is 147 Å². The summed E-state index contributed by atoms with van der Waals surface area (Å²) in [6.07, 6.45) is 3.53. The molecule has 0 bridgehead atoms. The van der Waals surface area contributed by atoms with Gasteiger partial charge < -0.3 is 14.5 Å². The minimum Gasteiger partial charge on any atom is -0.453 e. The number of pyridine rings is 1. The third-order valence-electron chi connectivity index (χ3n) is 4.38. The standard InChI is InChI=1S/C19H15Cl2N7O4/c1-31-19(30)26-17-10-6-23-15(5-13(10)27-28-17)24-18(29)25-16(14-7-22-8-32-14)9-2-3-11(20)12(21)4-9/h2-8,16H,1H3,(H2,23,24,25,29)(H2,26,27,28,30). The zero-order valence-electron chi connectivity index (χ0n) is 16.3. The molecule has 3 heterocycles. The minimum atomic E-state index is -0.681. The number of benzene rings is 1. The Kier molecular flexibility index (Phi) is 6.10. The molecule has 0 aliphatic carbocycles. The molecule has 0 fully saturated rings. The summed E-state index contributed by atoms with van der Waals surface area (Å²) in [6, 6.07) is 5.29. The van der Waals surface area contributed by atoms with Crippen molar-refractivity contribution in [2.45, 2.75) is 6.04 Å². The number of hydrogen-bond donors (Lipinski definition) is 4. The van der Waals surface area contributed by atoms with E-state index in [4.69, 9.17) is 27.6 Å². The number of halogens is 2. The average molecular weight is 476 g/mol. The number of nitrogens with one attached hydrogen (secondary N) is 4. The van der Waals surface area contributed by atoms with Crippen molar-refractivity contribution < 1.29 is 18.7 Å². The van der Waals surface area contributed by atoms with Crippen LogP contribution in [-0.4, -0.2) is 39.4 Å². The highest BCUT2D eigenvalue weighted by molar-refractivity contribution is 6.42. The Bertz CT molecular complexity index is 1280. The maximum Gasteiger partial charge on any atom is 0.412 e. The SMILES string of the molecule is COC(=O)Nc1n[nH]c2cc(NC(=O)NC(c3ccc(Cl)c(Cl)c3)c3cnco3)ncc12. The Labute approximate surface area is 190 Å². The van der Waals surface area contributed by atoms with Gasteiger partial charge in [-0.1, -0.05) is 29.3 Å². The van der Waals surface area contributed by atoms with Gasteiger partial charge in [0.25, 0.3) is 0 Å². The Morgan fingerprint density at radius 3 is 2.72 bits per heavy atom. The van der Waals surface area contributed by atoms with Crippen molar-refractivity contribution in [3.05, 3.63) is 64.4 Å². The van der Waals surface area contributed by atoms with Crippen LogP contribution in [0, 0.1) is 0 Å². The summed E-state index contributed by atoms with van der Waals surface area (Å²) in [5.74, 6) is 0.892. The van der Waals surface area contributed by atoms with Crippen LogP contribution in [0.5, 0.6) is 0 Å². The van der Waals surface area contributed by atoms with Gasteiger partial charge in [0.05, 0.1) is 34.3 Å². The van der Waals surface area contributed by atoms with E-state index in [-0.39, 0.29) is 11.6 Å². The number of urea groups is 1. The lowest BCUT2D eigenvalue weighted by molar-refractivity contribution is 0.187. The van der Waals surface area contributed by atoms with Gasteiger partial charge in [-0.2, -0.15) is 5.10 Å². The van der Waals surface area contributed by atoms with E-state index in [1.165, 1.54) is 25.9 Å². The van der Waals surface area contributed by atoms with Crippen LogP contribution < -0.4 is 16.0 Å². The predicted octanol–water partition coefficient (Wildman–Crippen LogP) is 4.34. The van der Waals surface area contributed by atoms with Gasteiger partial charge in [-0.05, 0) is 17.7 Å². The Morgan fingerprint density at radius 1 is 1.16 bits per heavy atom. The molecule has 3 amide bonds.